The third-order valence-corrected chi connectivity index (χ3v) is 4.25. The fraction of sp³-hybridized carbons (Fsp3) is 0.235. The summed E-state index contributed by atoms with van der Waals surface area (Å²) in [4.78, 5) is 14.4. The second-order valence-electron chi connectivity index (χ2n) is 5.20. The molecule has 1 atom stereocenters. The number of hydrogen-bond acceptors (Lipinski definition) is 2. The van der Waals surface area contributed by atoms with Crippen molar-refractivity contribution in [1.82, 2.24) is 0 Å². The third-order valence-electron chi connectivity index (χ3n) is 3.70. The van der Waals surface area contributed by atoms with E-state index in [-0.39, 0.29) is 5.91 Å². The highest BCUT2D eigenvalue weighted by Crippen LogP contribution is 2.31. The smallest absolute Gasteiger partial charge is 0.267 e. The quantitative estimate of drug-likeness (QED) is 0.834. The average Bonchev–Trinajstić information content (AvgIpc) is 2.94. The zero-order valence-electron chi connectivity index (χ0n) is 12.1. The molecule has 0 spiro atoms. The van der Waals surface area contributed by atoms with Crippen LogP contribution in [0.25, 0.3) is 0 Å². The monoisotopic (exact) mass is 335 g/mol. The van der Waals surface area contributed by atoms with Crippen LogP contribution in [0, 0.1) is 0 Å². The number of ether oxygens (including phenoxy) is 1. The van der Waals surface area contributed by atoms with E-state index in [0.29, 0.717) is 22.3 Å². The molecule has 2 aromatic carbocycles. The van der Waals surface area contributed by atoms with Gasteiger partial charge in [0, 0.05) is 23.3 Å². The Labute approximate surface area is 139 Å². The number of hydrogen-bond donors (Lipinski definition) is 0. The lowest BCUT2D eigenvalue weighted by molar-refractivity contribution is -0.124. The minimum Gasteiger partial charge on any atom is -0.479 e. The largest absolute Gasteiger partial charge is 0.479 e. The summed E-state index contributed by atoms with van der Waals surface area (Å²) in [6.07, 6.45) is 0.231. The number of anilines is 1. The van der Waals surface area contributed by atoms with Gasteiger partial charge in [0.2, 0.25) is 0 Å². The van der Waals surface area contributed by atoms with Crippen molar-refractivity contribution in [2.75, 3.05) is 11.4 Å². The predicted molar refractivity (Wildman–Crippen MR) is 89.1 cm³/mol. The zero-order valence-corrected chi connectivity index (χ0v) is 13.6. The molecule has 0 saturated heterocycles. The van der Waals surface area contributed by atoms with Gasteiger partial charge in [-0.1, -0.05) is 41.4 Å². The van der Waals surface area contributed by atoms with Gasteiger partial charge in [0.05, 0.1) is 5.02 Å². The highest BCUT2D eigenvalue weighted by atomic mass is 35.5. The summed E-state index contributed by atoms with van der Waals surface area (Å²) >= 11 is 12.0. The van der Waals surface area contributed by atoms with Gasteiger partial charge in [-0.05, 0) is 37.1 Å². The number of rotatable bonds is 3. The van der Waals surface area contributed by atoms with Crippen molar-refractivity contribution in [2.45, 2.75) is 19.4 Å². The van der Waals surface area contributed by atoms with E-state index in [1.807, 2.05) is 24.3 Å². The maximum absolute atomic E-state index is 12.6. The van der Waals surface area contributed by atoms with Crippen molar-refractivity contribution >= 4 is 34.8 Å². The standard InChI is InChI=1S/C17H15Cl2NO2/c1-11(22-16-10-13(18)6-7-14(16)19)17(21)20-9-8-12-4-2-3-5-15(12)20/h2-7,10-11H,8-9H2,1H3/t11-/m1/s1. The number of carbonyl (C=O) groups is 1. The van der Waals surface area contributed by atoms with E-state index < -0.39 is 6.10 Å². The van der Waals surface area contributed by atoms with E-state index in [0.717, 1.165) is 12.1 Å². The molecule has 22 heavy (non-hydrogen) atoms. The molecule has 1 aliphatic heterocycles. The van der Waals surface area contributed by atoms with Crippen molar-refractivity contribution in [3.63, 3.8) is 0 Å². The first-order valence-corrected chi connectivity index (χ1v) is 7.83. The van der Waals surface area contributed by atoms with E-state index in [9.17, 15) is 4.79 Å². The van der Waals surface area contributed by atoms with Gasteiger partial charge in [-0.15, -0.1) is 0 Å². The molecule has 0 aliphatic carbocycles. The topological polar surface area (TPSA) is 29.5 Å². The third kappa shape index (κ3) is 2.92. The first kappa shape index (κ1) is 15.2. The molecule has 1 aliphatic rings. The van der Waals surface area contributed by atoms with Gasteiger partial charge in [-0.3, -0.25) is 4.79 Å². The van der Waals surface area contributed by atoms with Gasteiger partial charge in [0.15, 0.2) is 6.10 Å². The minimum atomic E-state index is -0.637. The molecule has 0 radical (unpaired) electrons. The number of fused-ring (bicyclic) bond motifs is 1. The van der Waals surface area contributed by atoms with Crippen LogP contribution in [0.3, 0.4) is 0 Å². The van der Waals surface area contributed by atoms with Gasteiger partial charge in [-0.25, -0.2) is 0 Å². The minimum absolute atomic E-state index is 0.0824. The number of benzene rings is 2. The Balaban J connectivity index is 1.77. The molecule has 0 unspecified atom stereocenters. The van der Waals surface area contributed by atoms with Crippen LogP contribution in [0.5, 0.6) is 5.75 Å². The summed E-state index contributed by atoms with van der Waals surface area (Å²) in [5, 5.41) is 0.955. The second kappa shape index (κ2) is 6.19. The van der Waals surface area contributed by atoms with Crippen LogP contribution in [0.15, 0.2) is 42.5 Å². The highest BCUT2D eigenvalue weighted by molar-refractivity contribution is 6.34. The van der Waals surface area contributed by atoms with Gasteiger partial charge >= 0.3 is 0 Å². The molecule has 0 fully saturated rings. The Bertz CT molecular complexity index is 718. The van der Waals surface area contributed by atoms with Crippen molar-refractivity contribution < 1.29 is 9.53 Å². The molecule has 114 valence electrons. The van der Waals surface area contributed by atoms with Crippen LogP contribution >= 0.6 is 23.2 Å². The summed E-state index contributed by atoms with van der Waals surface area (Å²) in [7, 11) is 0. The fourth-order valence-electron chi connectivity index (χ4n) is 2.59. The first-order valence-electron chi connectivity index (χ1n) is 7.07. The molecule has 0 bridgehead atoms. The lowest BCUT2D eigenvalue weighted by atomic mass is 10.2. The molecule has 1 heterocycles. The van der Waals surface area contributed by atoms with Gasteiger partial charge < -0.3 is 9.64 Å². The Kier molecular flexibility index (Phi) is 4.27. The number of nitrogens with zero attached hydrogens (tertiary/aromatic N) is 1. The number of halogens is 2. The Morgan fingerprint density at radius 3 is 2.82 bits per heavy atom. The molecule has 5 heteroatoms. The highest BCUT2D eigenvalue weighted by Gasteiger charge is 2.29. The van der Waals surface area contributed by atoms with Gasteiger partial charge in [-0.2, -0.15) is 0 Å². The molecule has 1 amide bonds. The zero-order chi connectivity index (χ0) is 15.7. The molecule has 0 saturated carbocycles. The maximum atomic E-state index is 12.6. The van der Waals surface area contributed by atoms with Crippen LogP contribution in [-0.4, -0.2) is 18.6 Å². The van der Waals surface area contributed by atoms with E-state index in [1.54, 1.807) is 30.0 Å². The molecule has 3 rings (SSSR count). The van der Waals surface area contributed by atoms with Crippen molar-refractivity contribution in [2.24, 2.45) is 0 Å². The number of amides is 1. The van der Waals surface area contributed by atoms with E-state index in [4.69, 9.17) is 27.9 Å². The van der Waals surface area contributed by atoms with Gasteiger partial charge in [0.1, 0.15) is 5.75 Å². The molecule has 3 nitrogen and oxygen atoms in total. The Morgan fingerprint density at radius 2 is 2.00 bits per heavy atom. The van der Waals surface area contributed by atoms with Crippen LogP contribution < -0.4 is 9.64 Å². The normalized spacial score (nSPS) is 14.6. The molecule has 0 N–H and O–H groups in total. The lowest BCUT2D eigenvalue weighted by Gasteiger charge is -2.22. The van der Waals surface area contributed by atoms with Crippen LogP contribution in [-0.2, 0) is 11.2 Å². The molecular formula is C17H15Cl2NO2. The first-order chi connectivity index (χ1) is 10.6. The molecular weight excluding hydrogens is 321 g/mol. The summed E-state index contributed by atoms with van der Waals surface area (Å²) in [6, 6.07) is 12.9. The summed E-state index contributed by atoms with van der Waals surface area (Å²) in [5.41, 5.74) is 2.14. The molecule has 0 aromatic heterocycles. The van der Waals surface area contributed by atoms with Gasteiger partial charge in [0.25, 0.3) is 5.91 Å². The van der Waals surface area contributed by atoms with E-state index in [2.05, 4.69) is 0 Å². The summed E-state index contributed by atoms with van der Waals surface area (Å²) in [5.74, 6) is 0.337. The summed E-state index contributed by atoms with van der Waals surface area (Å²) < 4.78 is 5.71. The van der Waals surface area contributed by atoms with Crippen molar-refractivity contribution in [3.8, 4) is 5.75 Å². The second-order valence-corrected chi connectivity index (χ2v) is 6.05. The van der Waals surface area contributed by atoms with Crippen molar-refractivity contribution in [3.05, 3.63) is 58.1 Å². The lowest BCUT2D eigenvalue weighted by Crippen LogP contribution is -2.39. The Morgan fingerprint density at radius 1 is 1.23 bits per heavy atom. The SMILES string of the molecule is C[C@@H](Oc1cc(Cl)ccc1Cl)C(=O)N1CCc2ccccc21. The van der Waals surface area contributed by atoms with E-state index >= 15 is 0 Å². The van der Waals surface area contributed by atoms with Crippen molar-refractivity contribution in [1.29, 1.82) is 0 Å². The molecule has 2 aromatic rings. The van der Waals surface area contributed by atoms with Crippen LogP contribution in [0.1, 0.15) is 12.5 Å². The van der Waals surface area contributed by atoms with Crippen LogP contribution in [0.2, 0.25) is 10.0 Å². The van der Waals surface area contributed by atoms with Crippen LogP contribution in [0.4, 0.5) is 5.69 Å². The average molecular weight is 336 g/mol. The summed E-state index contributed by atoms with van der Waals surface area (Å²) in [6.45, 7) is 2.40. The fourth-order valence-corrected chi connectivity index (χ4v) is 2.92. The Hall–Kier alpha value is -1.71. The van der Waals surface area contributed by atoms with E-state index in [1.165, 1.54) is 5.56 Å². The maximum Gasteiger partial charge on any atom is 0.267 e. The number of para-hydroxylation sites is 1. The number of carbonyl (C=O) groups excluding carboxylic acids is 1. The predicted octanol–water partition coefficient (Wildman–Crippen LogP) is 4.35.